The number of benzene rings is 1. The zero-order chi connectivity index (χ0) is 15.1. The van der Waals surface area contributed by atoms with Crippen molar-refractivity contribution in [3.05, 3.63) is 35.9 Å². The van der Waals surface area contributed by atoms with Gasteiger partial charge in [-0.25, -0.2) is 0 Å². The van der Waals surface area contributed by atoms with Gasteiger partial charge in [0.15, 0.2) is 5.96 Å². The van der Waals surface area contributed by atoms with E-state index >= 15 is 0 Å². The van der Waals surface area contributed by atoms with Gasteiger partial charge in [-0.1, -0.05) is 30.3 Å². The first kappa shape index (κ1) is 18.7. The van der Waals surface area contributed by atoms with Gasteiger partial charge in [0, 0.05) is 39.6 Å². The topological polar surface area (TPSA) is 56.7 Å². The van der Waals surface area contributed by atoms with Crippen molar-refractivity contribution in [2.45, 2.75) is 19.4 Å². The summed E-state index contributed by atoms with van der Waals surface area (Å²) in [6.07, 6.45) is 2.08. The van der Waals surface area contributed by atoms with Crippen molar-refractivity contribution >= 4 is 35.8 Å². The molecule has 1 amide bonds. The number of carbonyl (C=O) groups is 1. The third kappa shape index (κ3) is 6.21. The van der Waals surface area contributed by atoms with E-state index in [-0.39, 0.29) is 35.8 Å². The monoisotopic (exact) mass is 416 g/mol. The molecule has 1 aromatic rings. The highest BCUT2D eigenvalue weighted by Gasteiger charge is 2.28. The van der Waals surface area contributed by atoms with E-state index in [1.165, 1.54) is 5.56 Å². The molecular weight excluding hydrogens is 391 g/mol. The standard InChI is InChI=1S/C16H24N4O.HI/c1-17-16(19-11-10-18-15(21)14-8-9-14)20(2)12-13-6-4-3-5-7-13;/h3-7,14H,8-12H2,1-2H3,(H,17,19)(H,18,21);1H. The second kappa shape index (κ2) is 9.66. The highest BCUT2D eigenvalue weighted by Crippen LogP contribution is 2.28. The van der Waals surface area contributed by atoms with E-state index < -0.39 is 0 Å². The quantitative estimate of drug-likeness (QED) is 0.322. The Bertz CT molecular complexity index is 488. The Morgan fingerprint density at radius 1 is 1.23 bits per heavy atom. The Morgan fingerprint density at radius 2 is 1.86 bits per heavy atom. The molecule has 0 aromatic heterocycles. The van der Waals surface area contributed by atoms with Crippen LogP contribution in [0.3, 0.4) is 0 Å². The van der Waals surface area contributed by atoms with Crippen molar-refractivity contribution < 1.29 is 4.79 Å². The molecule has 0 aliphatic heterocycles. The summed E-state index contributed by atoms with van der Waals surface area (Å²) in [5.74, 6) is 1.29. The Hall–Kier alpha value is -1.31. The number of carbonyl (C=O) groups excluding carboxylic acids is 1. The summed E-state index contributed by atoms with van der Waals surface area (Å²) in [6, 6.07) is 10.3. The van der Waals surface area contributed by atoms with Gasteiger partial charge in [0.1, 0.15) is 0 Å². The van der Waals surface area contributed by atoms with Crippen molar-refractivity contribution in [3.8, 4) is 0 Å². The summed E-state index contributed by atoms with van der Waals surface area (Å²) in [5, 5.41) is 6.20. The number of amides is 1. The van der Waals surface area contributed by atoms with Gasteiger partial charge < -0.3 is 15.5 Å². The van der Waals surface area contributed by atoms with Crippen molar-refractivity contribution in [1.29, 1.82) is 0 Å². The maximum Gasteiger partial charge on any atom is 0.223 e. The van der Waals surface area contributed by atoms with Crippen molar-refractivity contribution in [1.82, 2.24) is 15.5 Å². The van der Waals surface area contributed by atoms with E-state index in [0.29, 0.717) is 13.1 Å². The molecule has 122 valence electrons. The number of hydrogen-bond acceptors (Lipinski definition) is 2. The van der Waals surface area contributed by atoms with Crippen LogP contribution in [0.4, 0.5) is 0 Å². The molecule has 0 spiro atoms. The van der Waals surface area contributed by atoms with Crippen LogP contribution in [0.5, 0.6) is 0 Å². The number of hydrogen-bond donors (Lipinski definition) is 2. The van der Waals surface area contributed by atoms with Crippen molar-refractivity contribution in [2.75, 3.05) is 27.2 Å². The third-order valence-electron chi connectivity index (χ3n) is 3.49. The van der Waals surface area contributed by atoms with Gasteiger partial charge >= 0.3 is 0 Å². The Morgan fingerprint density at radius 3 is 2.45 bits per heavy atom. The summed E-state index contributed by atoms with van der Waals surface area (Å²) in [7, 11) is 3.78. The van der Waals surface area contributed by atoms with Gasteiger partial charge in [-0.05, 0) is 18.4 Å². The van der Waals surface area contributed by atoms with E-state index in [0.717, 1.165) is 25.3 Å². The molecule has 1 saturated carbocycles. The first-order valence-electron chi connectivity index (χ1n) is 7.44. The highest BCUT2D eigenvalue weighted by molar-refractivity contribution is 14.0. The molecule has 1 aliphatic carbocycles. The van der Waals surface area contributed by atoms with E-state index in [1.807, 2.05) is 25.2 Å². The number of aliphatic imine (C=N–C) groups is 1. The molecule has 1 aliphatic rings. The Labute approximate surface area is 149 Å². The Balaban J connectivity index is 0.00000242. The fourth-order valence-corrected chi connectivity index (χ4v) is 2.17. The van der Waals surface area contributed by atoms with E-state index in [9.17, 15) is 4.79 Å². The number of nitrogens with one attached hydrogen (secondary N) is 2. The minimum atomic E-state index is 0. The maximum absolute atomic E-state index is 11.5. The highest BCUT2D eigenvalue weighted by atomic mass is 127. The van der Waals surface area contributed by atoms with Crippen molar-refractivity contribution in [3.63, 3.8) is 0 Å². The first-order chi connectivity index (χ1) is 10.2. The predicted molar refractivity (Wildman–Crippen MR) is 100 cm³/mol. The van der Waals surface area contributed by atoms with Crippen LogP contribution in [-0.2, 0) is 11.3 Å². The van der Waals surface area contributed by atoms with Crippen LogP contribution in [0.25, 0.3) is 0 Å². The Kier molecular flexibility index (Phi) is 8.22. The molecule has 1 fully saturated rings. The largest absolute Gasteiger partial charge is 0.354 e. The van der Waals surface area contributed by atoms with Crippen LogP contribution >= 0.6 is 24.0 Å². The molecule has 2 N–H and O–H groups in total. The summed E-state index contributed by atoms with van der Waals surface area (Å²) >= 11 is 0. The molecule has 0 unspecified atom stereocenters. The van der Waals surface area contributed by atoms with E-state index in [1.54, 1.807) is 7.05 Å². The predicted octanol–water partition coefficient (Wildman–Crippen LogP) is 1.84. The smallest absolute Gasteiger partial charge is 0.223 e. The molecule has 0 saturated heterocycles. The zero-order valence-corrected chi connectivity index (χ0v) is 15.5. The first-order valence-corrected chi connectivity index (χ1v) is 7.44. The molecule has 0 atom stereocenters. The van der Waals surface area contributed by atoms with Crippen LogP contribution in [0.1, 0.15) is 18.4 Å². The average Bonchev–Trinajstić information content (AvgIpc) is 3.32. The summed E-state index contributed by atoms with van der Waals surface area (Å²) in [5.41, 5.74) is 1.24. The minimum Gasteiger partial charge on any atom is -0.354 e. The molecule has 6 heteroatoms. The van der Waals surface area contributed by atoms with Gasteiger partial charge in [-0.3, -0.25) is 9.79 Å². The van der Waals surface area contributed by atoms with Gasteiger partial charge in [0.2, 0.25) is 5.91 Å². The molecule has 0 radical (unpaired) electrons. The fourth-order valence-electron chi connectivity index (χ4n) is 2.17. The van der Waals surface area contributed by atoms with Crippen molar-refractivity contribution in [2.24, 2.45) is 10.9 Å². The summed E-state index contributed by atoms with van der Waals surface area (Å²) in [4.78, 5) is 17.8. The van der Waals surface area contributed by atoms with Gasteiger partial charge in [-0.2, -0.15) is 0 Å². The molecule has 0 heterocycles. The lowest BCUT2D eigenvalue weighted by atomic mass is 10.2. The van der Waals surface area contributed by atoms with Crippen LogP contribution in [0.15, 0.2) is 35.3 Å². The van der Waals surface area contributed by atoms with Crippen LogP contribution in [0.2, 0.25) is 0 Å². The van der Waals surface area contributed by atoms with Crippen LogP contribution in [-0.4, -0.2) is 44.0 Å². The van der Waals surface area contributed by atoms with Crippen LogP contribution < -0.4 is 10.6 Å². The fraction of sp³-hybridized carbons (Fsp3) is 0.500. The van der Waals surface area contributed by atoms with Gasteiger partial charge in [-0.15, -0.1) is 24.0 Å². The third-order valence-corrected chi connectivity index (χ3v) is 3.49. The maximum atomic E-state index is 11.5. The normalized spacial score (nSPS) is 14.0. The number of halogens is 1. The lowest BCUT2D eigenvalue weighted by molar-refractivity contribution is -0.122. The van der Waals surface area contributed by atoms with Gasteiger partial charge in [0.25, 0.3) is 0 Å². The lowest BCUT2D eigenvalue weighted by Gasteiger charge is -2.22. The number of guanidine groups is 1. The van der Waals surface area contributed by atoms with Crippen LogP contribution in [0, 0.1) is 5.92 Å². The second-order valence-corrected chi connectivity index (χ2v) is 5.38. The molecule has 22 heavy (non-hydrogen) atoms. The SMILES string of the molecule is CN=C(NCCNC(=O)C1CC1)N(C)Cc1ccccc1.I. The molecular formula is C16H25IN4O. The molecule has 1 aromatic carbocycles. The molecule has 0 bridgehead atoms. The number of nitrogens with zero attached hydrogens (tertiary/aromatic N) is 2. The van der Waals surface area contributed by atoms with E-state index in [2.05, 4.69) is 32.7 Å². The summed E-state index contributed by atoms with van der Waals surface area (Å²) < 4.78 is 0. The summed E-state index contributed by atoms with van der Waals surface area (Å²) in [6.45, 7) is 2.12. The van der Waals surface area contributed by atoms with E-state index in [4.69, 9.17) is 0 Å². The molecule has 2 rings (SSSR count). The zero-order valence-electron chi connectivity index (χ0n) is 13.2. The lowest BCUT2D eigenvalue weighted by Crippen LogP contribution is -2.42. The van der Waals surface area contributed by atoms with Gasteiger partial charge in [0.05, 0.1) is 0 Å². The molecule has 5 nitrogen and oxygen atoms in total. The number of rotatable bonds is 6. The minimum absolute atomic E-state index is 0. The average molecular weight is 416 g/mol. The second-order valence-electron chi connectivity index (χ2n) is 5.38.